The van der Waals surface area contributed by atoms with E-state index < -0.39 is 36.4 Å². The summed E-state index contributed by atoms with van der Waals surface area (Å²) in [7, 11) is -7.27. The third-order valence-electron chi connectivity index (χ3n) is 4.51. The molecule has 0 spiro atoms. The molecule has 0 aliphatic carbocycles. The van der Waals surface area contributed by atoms with Gasteiger partial charge in [-0.3, -0.25) is 4.90 Å². The van der Waals surface area contributed by atoms with Crippen molar-refractivity contribution in [2.24, 2.45) is 0 Å². The quantitative estimate of drug-likeness (QED) is 0.762. The average molecular weight is 380 g/mol. The van der Waals surface area contributed by atoms with Crippen LogP contribution in [0.2, 0.25) is 0 Å². The van der Waals surface area contributed by atoms with Crippen molar-refractivity contribution in [1.82, 2.24) is 9.21 Å². The van der Waals surface area contributed by atoms with E-state index >= 15 is 0 Å². The van der Waals surface area contributed by atoms with Gasteiger partial charge in [0.1, 0.15) is 11.6 Å². The van der Waals surface area contributed by atoms with Crippen molar-refractivity contribution in [3.63, 3.8) is 0 Å². The lowest BCUT2D eigenvalue weighted by Gasteiger charge is -2.36. The number of sulfone groups is 1. The van der Waals surface area contributed by atoms with Crippen LogP contribution in [0.15, 0.2) is 23.1 Å². The molecular weight excluding hydrogens is 362 g/mol. The first-order valence-corrected chi connectivity index (χ1v) is 10.9. The Bertz CT molecular complexity index is 814. The summed E-state index contributed by atoms with van der Waals surface area (Å²) in [6.07, 6.45) is 0.539. The molecule has 1 aromatic carbocycles. The molecule has 0 N–H and O–H groups in total. The van der Waals surface area contributed by atoms with Gasteiger partial charge in [-0.1, -0.05) is 6.07 Å². The minimum atomic E-state index is -4.25. The van der Waals surface area contributed by atoms with Gasteiger partial charge in [-0.15, -0.1) is 0 Å². The van der Waals surface area contributed by atoms with Crippen LogP contribution < -0.4 is 0 Å². The van der Waals surface area contributed by atoms with E-state index in [0.717, 1.165) is 22.5 Å². The van der Waals surface area contributed by atoms with Crippen LogP contribution in [0.3, 0.4) is 0 Å². The Morgan fingerprint density at radius 3 is 2.12 bits per heavy atom. The maximum atomic E-state index is 13.8. The van der Waals surface area contributed by atoms with E-state index in [2.05, 4.69) is 0 Å². The van der Waals surface area contributed by atoms with Crippen molar-refractivity contribution in [3.05, 3.63) is 29.8 Å². The standard InChI is InChI=1S/C14H18F2N2O4S2/c15-12-2-1-3-13(16)14(12)24(21,22)18-7-5-17(6-8-18)11-4-9-23(19,20)10-11/h1-3,11H,4-10H2/t11-/m0/s1. The summed E-state index contributed by atoms with van der Waals surface area (Å²) in [5.74, 6) is -1.99. The fourth-order valence-corrected chi connectivity index (χ4v) is 6.52. The summed E-state index contributed by atoms with van der Waals surface area (Å²) in [5, 5.41) is 0. The van der Waals surface area contributed by atoms with E-state index in [0.29, 0.717) is 19.5 Å². The number of halogens is 2. The highest BCUT2D eigenvalue weighted by atomic mass is 32.2. The van der Waals surface area contributed by atoms with Crippen LogP contribution in [0.5, 0.6) is 0 Å². The summed E-state index contributed by atoms with van der Waals surface area (Å²) >= 11 is 0. The monoisotopic (exact) mass is 380 g/mol. The van der Waals surface area contributed by atoms with Crippen molar-refractivity contribution < 1.29 is 25.6 Å². The second kappa shape index (κ2) is 6.32. The lowest BCUT2D eigenvalue weighted by Crippen LogP contribution is -2.52. The number of nitrogens with zero attached hydrogens (tertiary/aromatic N) is 2. The maximum absolute atomic E-state index is 13.8. The Kier molecular flexibility index (Phi) is 4.67. The molecular formula is C14H18F2N2O4S2. The van der Waals surface area contributed by atoms with Gasteiger partial charge in [0.05, 0.1) is 11.5 Å². The van der Waals surface area contributed by atoms with Crippen molar-refractivity contribution in [1.29, 1.82) is 0 Å². The van der Waals surface area contributed by atoms with Gasteiger partial charge in [0.15, 0.2) is 14.7 Å². The highest BCUT2D eigenvalue weighted by molar-refractivity contribution is 7.91. The number of benzene rings is 1. The summed E-state index contributed by atoms with van der Waals surface area (Å²) < 4.78 is 76.7. The molecule has 0 aromatic heterocycles. The fourth-order valence-electron chi connectivity index (χ4n) is 3.23. The molecule has 2 aliphatic rings. The van der Waals surface area contributed by atoms with E-state index in [9.17, 15) is 25.6 Å². The van der Waals surface area contributed by atoms with Crippen LogP contribution in [0.4, 0.5) is 8.78 Å². The van der Waals surface area contributed by atoms with Gasteiger partial charge < -0.3 is 0 Å². The first kappa shape index (κ1) is 17.7. The molecule has 0 amide bonds. The van der Waals surface area contributed by atoms with Crippen molar-refractivity contribution in [3.8, 4) is 0 Å². The second-order valence-electron chi connectivity index (χ2n) is 6.05. The Morgan fingerprint density at radius 2 is 1.62 bits per heavy atom. The summed E-state index contributed by atoms with van der Waals surface area (Å²) in [6.45, 7) is 0.838. The summed E-state index contributed by atoms with van der Waals surface area (Å²) in [4.78, 5) is 1.01. The molecule has 2 heterocycles. The number of sulfonamides is 1. The summed E-state index contributed by atoms with van der Waals surface area (Å²) in [5.41, 5.74) is 0. The number of piperazine rings is 1. The molecule has 0 saturated carbocycles. The van der Waals surface area contributed by atoms with E-state index in [1.165, 1.54) is 0 Å². The Hall–Kier alpha value is -1.10. The molecule has 1 atom stereocenters. The third-order valence-corrected chi connectivity index (χ3v) is 8.22. The molecule has 2 saturated heterocycles. The summed E-state index contributed by atoms with van der Waals surface area (Å²) in [6, 6.07) is 2.83. The Labute approximate surface area is 140 Å². The zero-order valence-corrected chi connectivity index (χ0v) is 14.5. The van der Waals surface area contributed by atoms with Gasteiger partial charge >= 0.3 is 0 Å². The molecule has 10 heteroatoms. The maximum Gasteiger partial charge on any atom is 0.249 e. The smallest absolute Gasteiger partial charge is 0.249 e. The lowest BCUT2D eigenvalue weighted by atomic mass is 10.2. The molecule has 0 bridgehead atoms. The van der Waals surface area contributed by atoms with Crippen molar-refractivity contribution in [2.45, 2.75) is 17.4 Å². The first-order valence-electron chi connectivity index (χ1n) is 7.59. The predicted octanol–water partition coefficient (Wildman–Crippen LogP) is 0.458. The highest BCUT2D eigenvalue weighted by Gasteiger charge is 2.37. The van der Waals surface area contributed by atoms with Gasteiger partial charge in [-0.05, 0) is 18.6 Å². The minimum Gasteiger partial charge on any atom is -0.297 e. The van der Waals surface area contributed by atoms with Crippen molar-refractivity contribution in [2.75, 3.05) is 37.7 Å². The molecule has 2 aliphatic heterocycles. The minimum absolute atomic E-state index is 0.0760. The lowest BCUT2D eigenvalue weighted by molar-refractivity contribution is 0.148. The number of hydrogen-bond donors (Lipinski definition) is 0. The van der Waals surface area contributed by atoms with Crippen LogP contribution in [0, 0.1) is 11.6 Å². The molecule has 24 heavy (non-hydrogen) atoms. The van der Waals surface area contributed by atoms with E-state index in [-0.39, 0.29) is 30.6 Å². The average Bonchev–Trinajstić information content (AvgIpc) is 2.87. The van der Waals surface area contributed by atoms with Gasteiger partial charge in [-0.2, -0.15) is 4.31 Å². The van der Waals surface area contributed by atoms with Gasteiger partial charge in [0.25, 0.3) is 0 Å². The zero-order chi connectivity index (χ0) is 17.5. The van der Waals surface area contributed by atoms with Crippen LogP contribution in [-0.2, 0) is 19.9 Å². The van der Waals surface area contributed by atoms with Crippen LogP contribution in [-0.4, -0.2) is 69.8 Å². The fraction of sp³-hybridized carbons (Fsp3) is 0.571. The van der Waals surface area contributed by atoms with Crippen LogP contribution in [0.1, 0.15) is 6.42 Å². The largest absolute Gasteiger partial charge is 0.297 e. The third kappa shape index (κ3) is 3.32. The van der Waals surface area contributed by atoms with Gasteiger partial charge in [-0.25, -0.2) is 25.6 Å². The Balaban J connectivity index is 1.72. The van der Waals surface area contributed by atoms with Crippen LogP contribution >= 0.6 is 0 Å². The van der Waals surface area contributed by atoms with E-state index in [1.54, 1.807) is 0 Å². The molecule has 6 nitrogen and oxygen atoms in total. The second-order valence-corrected chi connectivity index (χ2v) is 10.2. The topological polar surface area (TPSA) is 74.8 Å². The molecule has 3 rings (SSSR count). The molecule has 134 valence electrons. The first-order chi connectivity index (χ1) is 11.2. The van der Waals surface area contributed by atoms with Gasteiger partial charge in [0.2, 0.25) is 10.0 Å². The zero-order valence-electron chi connectivity index (χ0n) is 12.9. The normalized spacial score (nSPS) is 25.8. The Morgan fingerprint density at radius 1 is 1.04 bits per heavy atom. The van der Waals surface area contributed by atoms with Crippen molar-refractivity contribution >= 4 is 19.9 Å². The molecule has 0 radical (unpaired) electrons. The molecule has 0 unspecified atom stereocenters. The molecule has 1 aromatic rings. The SMILES string of the molecule is O=S1(=O)CC[C@H](N2CCN(S(=O)(=O)c3c(F)cccc3F)CC2)C1. The van der Waals surface area contributed by atoms with Crippen LogP contribution in [0.25, 0.3) is 0 Å². The number of rotatable bonds is 3. The highest BCUT2D eigenvalue weighted by Crippen LogP contribution is 2.25. The molecule has 2 fully saturated rings. The van der Waals surface area contributed by atoms with E-state index in [4.69, 9.17) is 0 Å². The van der Waals surface area contributed by atoms with Gasteiger partial charge in [0, 0.05) is 32.2 Å². The van der Waals surface area contributed by atoms with E-state index in [1.807, 2.05) is 4.90 Å². The predicted molar refractivity (Wildman–Crippen MR) is 83.7 cm³/mol. The number of hydrogen-bond acceptors (Lipinski definition) is 5.